The molecule has 0 spiro atoms. The summed E-state index contributed by atoms with van der Waals surface area (Å²) in [6.45, 7) is 2.85. The first-order chi connectivity index (χ1) is 9.86. The number of nitrogens with zero attached hydrogens (tertiary/aromatic N) is 1. The van der Waals surface area contributed by atoms with Crippen molar-refractivity contribution in [1.82, 2.24) is 4.90 Å². The van der Waals surface area contributed by atoms with Crippen LogP contribution in [0.3, 0.4) is 0 Å². The zero-order valence-electron chi connectivity index (χ0n) is 11.7. The smallest absolute Gasteiger partial charge is 0.308 e. The van der Waals surface area contributed by atoms with E-state index >= 15 is 0 Å². The number of aliphatic carboxylic acids is 1. The second kappa shape index (κ2) is 6.67. The second-order valence-corrected chi connectivity index (χ2v) is 6.41. The highest BCUT2D eigenvalue weighted by Gasteiger charge is 2.31. The molecule has 0 bridgehead atoms. The molecule has 1 heterocycles. The van der Waals surface area contributed by atoms with Gasteiger partial charge in [-0.1, -0.05) is 36.2 Å². The molecular weight excluding hydrogens is 313 g/mol. The van der Waals surface area contributed by atoms with Gasteiger partial charge in [0.05, 0.1) is 22.4 Å². The monoisotopic (exact) mass is 329 g/mol. The Balaban J connectivity index is 2.05. The van der Waals surface area contributed by atoms with Crippen LogP contribution in [0, 0.1) is 11.8 Å². The van der Waals surface area contributed by atoms with Crippen LogP contribution in [-0.4, -0.2) is 35.0 Å². The molecule has 0 saturated carbocycles. The quantitative estimate of drug-likeness (QED) is 0.926. The molecule has 21 heavy (non-hydrogen) atoms. The minimum Gasteiger partial charge on any atom is -0.481 e. The first-order valence-corrected chi connectivity index (χ1v) is 7.57. The van der Waals surface area contributed by atoms with Crippen LogP contribution in [0.4, 0.5) is 0 Å². The van der Waals surface area contributed by atoms with Gasteiger partial charge in [-0.2, -0.15) is 0 Å². The van der Waals surface area contributed by atoms with Gasteiger partial charge in [-0.15, -0.1) is 0 Å². The summed E-state index contributed by atoms with van der Waals surface area (Å²) in [7, 11) is 0. The Labute approximate surface area is 133 Å². The Hall–Kier alpha value is -1.26. The molecule has 1 saturated heterocycles. The van der Waals surface area contributed by atoms with Crippen LogP contribution >= 0.6 is 23.2 Å². The maximum Gasteiger partial charge on any atom is 0.308 e. The van der Waals surface area contributed by atoms with E-state index in [1.807, 2.05) is 6.92 Å². The van der Waals surface area contributed by atoms with E-state index in [1.54, 1.807) is 23.1 Å². The number of rotatable bonds is 3. The van der Waals surface area contributed by atoms with E-state index in [0.29, 0.717) is 23.0 Å². The number of piperidine rings is 1. The summed E-state index contributed by atoms with van der Waals surface area (Å²) < 4.78 is 0. The molecule has 0 aliphatic carbocycles. The SMILES string of the molecule is CC1CC(C(=O)O)CN(C(=O)Cc2ccc(Cl)c(Cl)c2)C1. The minimum atomic E-state index is -0.839. The highest BCUT2D eigenvalue weighted by molar-refractivity contribution is 6.42. The van der Waals surface area contributed by atoms with Crippen LogP contribution in [0.1, 0.15) is 18.9 Å². The summed E-state index contributed by atoms with van der Waals surface area (Å²) in [5, 5.41) is 10.0. The van der Waals surface area contributed by atoms with E-state index in [2.05, 4.69) is 0 Å². The van der Waals surface area contributed by atoms with Gasteiger partial charge in [0.15, 0.2) is 0 Å². The van der Waals surface area contributed by atoms with Gasteiger partial charge in [-0.3, -0.25) is 9.59 Å². The van der Waals surface area contributed by atoms with Gasteiger partial charge in [0, 0.05) is 13.1 Å². The average molecular weight is 330 g/mol. The van der Waals surface area contributed by atoms with Crippen LogP contribution < -0.4 is 0 Å². The predicted octanol–water partition coefficient (Wildman–Crippen LogP) is 3.11. The number of hydrogen-bond donors (Lipinski definition) is 1. The zero-order valence-corrected chi connectivity index (χ0v) is 13.2. The van der Waals surface area contributed by atoms with Gasteiger partial charge in [-0.25, -0.2) is 0 Å². The summed E-state index contributed by atoms with van der Waals surface area (Å²) in [5.41, 5.74) is 0.777. The predicted molar refractivity (Wildman–Crippen MR) is 81.7 cm³/mol. The lowest BCUT2D eigenvalue weighted by molar-refractivity contribution is -0.146. The van der Waals surface area contributed by atoms with Gasteiger partial charge in [0.1, 0.15) is 0 Å². The van der Waals surface area contributed by atoms with Gasteiger partial charge in [0.25, 0.3) is 0 Å². The van der Waals surface area contributed by atoms with Crippen molar-refractivity contribution < 1.29 is 14.7 Å². The molecule has 1 aromatic carbocycles. The number of halogens is 2. The number of hydrogen-bond acceptors (Lipinski definition) is 2. The number of likely N-dealkylation sites (tertiary alicyclic amines) is 1. The summed E-state index contributed by atoms with van der Waals surface area (Å²) >= 11 is 11.8. The molecule has 0 radical (unpaired) electrons. The molecule has 114 valence electrons. The molecule has 6 heteroatoms. The van der Waals surface area contributed by atoms with Crippen molar-refractivity contribution in [3.05, 3.63) is 33.8 Å². The second-order valence-electron chi connectivity index (χ2n) is 5.60. The van der Waals surface area contributed by atoms with Crippen LogP contribution in [0.2, 0.25) is 10.0 Å². The van der Waals surface area contributed by atoms with E-state index in [1.165, 1.54) is 0 Å². The highest BCUT2D eigenvalue weighted by Crippen LogP contribution is 2.25. The Bertz CT molecular complexity index is 562. The topological polar surface area (TPSA) is 57.6 Å². The third kappa shape index (κ3) is 4.11. The lowest BCUT2D eigenvalue weighted by Gasteiger charge is -2.34. The summed E-state index contributed by atoms with van der Waals surface area (Å²) in [6.07, 6.45) is 0.821. The van der Waals surface area contributed by atoms with Crippen molar-refractivity contribution in [3.63, 3.8) is 0 Å². The Morgan fingerprint density at radius 2 is 2.00 bits per heavy atom. The lowest BCUT2D eigenvalue weighted by Crippen LogP contribution is -2.46. The first kappa shape index (κ1) is 16.1. The number of carboxylic acids is 1. The molecule has 1 N–H and O–H groups in total. The van der Waals surface area contributed by atoms with E-state index in [0.717, 1.165) is 5.56 Å². The molecule has 1 amide bonds. The third-order valence-corrected chi connectivity index (χ3v) is 4.44. The van der Waals surface area contributed by atoms with Crippen molar-refractivity contribution in [2.24, 2.45) is 11.8 Å². The van der Waals surface area contributed by atoms with E-state index in [4.69, 9.17) is 28.3 Å². The van der Waals surface area contributed by atoms with Gasteiger partial charge < -0.3 is 10.0 Å². The van der Waals surface area contributed by atoms with Crippen molar-refractivity contribution in [3.8, 4) is 0 Å². The maximum atomic E-state index is 12.3. The molecule has 0 aromatic heterocycles. The Morgan fingerprint density at radius 1 is 1.29 bits per heavy atom. The number of amides is 1. The molecule has 1 fully saturated rings. The van der Waals surface area contributed by atoms with Crippen LogP contribution in [0.25, 0.3) is 0 Å². The fourth-order valence-corrected chi connectivity index (χ4v) is 2.99. The van der Waals surface area contributed by atoms with Crippen molar-refractivity contribution >= 4 is 35.1 Å². The molecule has 1 aliphatic rings. The van der Waals surface area contributed by atoms with Crippen LogP contribution in [0.15, 0.2) is 18.2 Å². The molecule has 2 atom stereocenters. The highest BCUT2D eigenvalue weighted by atomic mass is 35.5. The van der Waals surface area contributed by atoms with E-state index < -0.39 is 11.9 Å². The molecular formula is C15H17Cl2NO3. The van der Waals surface area contributed by atoms with Gasteiger partial charge in [-0.05, 0) is 30.0 Å². The van der Waals surface area contributed by atoms with Crippen molar-refractivity contribution in [1.29, 1.82) is 0 Å². The molecule has 1 aromatic rings. The zero-order chi connectivity index (χ0) is 15.6. The standard InChI is InChI=1S/C15H17Cl2NO3/c1-9-4-11(15(20)21)8-18(7-9)14(19)6-10-2-3-12(16)13(17)5-10/h2-3,5,9,11H,4,6-8H2,1H3,(H,20,21). The summed E-state index contributed by atoms with van der Waals surface area (Å²) in [4.78, 5) is 25.1. The molecule has 2 rings (SSSR count). The Morgan fingerprint density at radius 3 is 2.62 bits per heavy atom. The van der Waals surface area contributed by atoms with Crippen LogP contribution in [-0.2, 0) is 16.0 Å². The van der Waals surface area contributed by atoms with Crippen molar-refractivity contribution in [2.45, 2.75) is 19.8 Å². The number of benzene rings is 1. The largest absolute Gasteiger partial charge is 0.481 e. The van der Waals surface area contributed by atoms with Gasteiger partial charge in [0.2, 0.25) is 5.91 Å². The average Bonchev–Trinajstić information content (AvgIpc) is 2.42. The fraction of sp³-hybridized carbons (Fsp3) is 0.467. The van der Waals surface area contributed by atoms with Gasteiger partial charge >= 0.3 is 5.97 Å². The first-order valence-electron chi connectivity index (χ1n) is 6.81. The molecule has 4 nitrogen and oxygen atoms in total. The van der Waals surface area contributed by atoms with E-state index in [-0.39, 0.29) is 24.8 Å². The molecule has 2 unspecified atom stereocenters. The summed E-state index contributed by atoms with van der Waals surface area (Å²) in [5.74, 6) is -1.20. The third-order valence-electron chi connectivity index (χ3n) is 3.70. The number of carbonyl (C=O) groups excluding carboxylic acids is 1. The fourth-order valence-electron chi connectivity index (χ4n) is 2.67. The molecule has 1 aliphatic heterocycles. The minimum absolute atomic E-state index is 0.0776. The Kier molecular flexibility index (Phi) is 5.12. The van der Waals surface area contributed by atoms with Crippen molar-refractivity contribution in [2.75, 3.05) is 13.1 Å². The van der Waals surface area contributed by atoms with E-state index in [9.17, 15) is 9.59 Å². The number of carbonyl (C=O) groups is 2. The van der Waals surface area contributed by atoms with Crippen LogP contribution in [0.5, 0.6) is 0 Å². The summed E-state index contributed by atoms with van der Waals surface area (Å²) in [6, 6.07) is 5.09. The number of carboxylic acid groups (broad SMARTS) is 1. The lowest BCUT2D eigenvalue weighted by atomic mass is 9.90. The normalized spacial score (nSPS) is 22.1. The maximum absolute atomic E-state index is 12.3.